The Bertz CT molecular complexity index is 3200. The third-order valence-electron chi connectivity index (χ3n) is 15.5. The van der Waals surface area contributed by atoms with Crippen LogP contribution in [-0.4, -0.2) is 289 Å². The van der Waals surface area contributed by atoms with Crippen molar-refractivity contribution in [1.29, 1.82) is 0 Å². The van der Waals surface area contributed by atoms with Crippen LogP contribution in [0.3, 0.4) is 0 Å². The second-order valence-electron chi connectivity index (χ2n) is 24.0. The summed E-state index contributed by atoms with van der Waals surface area (Å²) >= 11 is 0. The SMILES string of the molecule is CC(C)[C@H](NC(=O)[C@H](CO)NC(=O)[C@@H](N)CO)C(=O)N[C@@H](CO)C(=O)N[C@@H](CO)C(=O)N[C@@H](CCC(N)=O)C(=O)N[C@@H](Cc1ccccc1)C(=O)N[C@@H](CO)C(=O)N[C@@H](CC(=O)O)C(=O)N[C@@H](C)C(=O)N[C@@H](C)C(=O)N[C@@H](CCC(N)=O)C(=O)N[C@@H](C)C(=O)N[C@@H](CO)C(=O)N1CCC[C@H]1C(=O)O. The summed E-state index contributed by atoms with van der Waals surface area (Å²) in [7, 11) is 0. The number of rotatable bonds is 45. The van der Waals surface area contributed by atoms with Gasteiger partial charge >= 0.3 is 11.9 Å². The second kappa shape index (κ2) is 43.9. The quantitative estimate of drug-likeness (QED) is 0.0288. The van der Waals surface area contributed by atoms with Crippen LogP contribution in [0.4, 0.5) is 0 Å². The van der Waals surface area contributed by atoms with Crippen molar-refractivity contribution in [3.8, 4) is 0 Å². The van der Waals surface area contributed by atoms with Gasteiger partial charge in [0.25, 0.3) is 0 Å². The van der Waals surface area contributed by atoms with Gasteiger partial charge < -0.3 is 132 Å². The highest BCUT2D eigenvalue weighted by Crippen LogP contribution is 2.19. The Morgan fingerprint density at radius 2 is 0.757 bits per heavy atom. The lowest BCUT2D eigenvalue weighted by molar-refractivity contribution is -0.150. The van der Waals surface area contributed by atoms with Crippen molar-refractivity contribution in [2.24, 2.45) is 23.1 Å². The Labute approximate surface area is 587 Å². The molecule has 1 saturated heterocycles. The number of amides is 16. The van der Waals surface area contributed by atoms with Crippen LogP contribution in [0.2, 0.25) is 0 Å². The largest absolute Gasteiger partial charge is 0.481 e. The van der Waals surface area contributed by atoms with Crippen LogP contribution in [0.5, 0.6) is 0 Å². The maximum Gasteiger partial charge on any atom is 0.326 e. The number of carboxylic acids is 2. The van der Waals surface area contributed by atoms with E-state index in [4.69, 9.17) is 22.3 Å². The average molecular weight is 1470 g/mol. The number of nitrogens with two attached hydrogens (primary N) is 3. The van der Waals surface area contributed by atoms with Gasteiger partial charge in [-0.05, 0) is 57.9 Å². The molecule has 574 valence electrons. The van der Waals surface area contributed by atoms with E-state index in [1.54, 1.807) is 6.07 Å². The normalized spacial score (nSPS) is 16.6. The zero-order valence-corrected chi connectivity index (χ0v) is 56.8. The maximum absolute atomic E-state index is 14.2. The van der Waals surface area contributed by atoms with Crippen molar-refractivity contribution in [1.82, 2.24) is 74.0 Å². The van der Waals surface area contributed by atoms with Crippen molar-refractivity contribution in [2.75, 3.05) is 46.2 Å². The summed E-state index contributed by atoms with van der Waals surface area (Å²) in [5, 5.41) is 107. The van der Waals surface area contributed by atoms with E-state index < -0.39 is 281 Å². The minimum Gasteiger partial charge on any atom is -0.481 e. The van der Waals surface area contributed by atoms with Crippen LogP contribution in [0, 0.1) is 5.92 Å². The molecule has 0 aromatic heterocycles. The summed E-state index contributed by atoms with van der Waals surface area (Å²) in [4.78, 5) is 236. The first-order valence-electron chi connectivity index (χ1n) is 32.1. The molecule has 0 unspecified atom stereocenters. The molecule has 0 radical (unpaired) electrons. The number of hydrogen-bond donors (Lipinski definition) is 24. The molecule has 1 aromatic carbocycles. The predicted molar refractivity (Wildman–Crippen MR) is 349 cm³/mol. The zero-order valence-electron chi connectivity index (χ0n) is 56.8. The molecule has 2 rings (SSSR count). The zero-order chi connectivity index (χ0) is 78.1. The second-order valence-corrected chi connectivity index (χ2v) is 24.0. The number of aliphatic hydroxyl groups excluding tert-OH is 6. The van der Waals surface area contributed by atoms with Crippen LogP contribution in [-0.2, 0) is 92.7 Å². The summed E-state index contributed by atoms with van der Waals surface area (Å²) < 4.78 is 0. The summed E-state index contributed by atoms with van der Waals surface area (Å²) in [6, 6.07) is -18.0. The third kappa shape index (κ3) is 29.5. The monoisotopic (exact) mass is 1470 g/mol. The minimum absolute atomic E-state index is 0.0288. The maximum atomic E-state index is 14.2. The summed E-state index contributed by atoms with van der Waals surface area (Å²) in [5.41, 5.74) is 16.4. The number of nitrogens with zero attached hydrogens (tertiary/aromatic N) is 1. The van der Waals surface area contributed by atoms with E-state index in [1.807, 2.05) is 5.32 Å². The van der Waals surface area contributed by atoms with Crippen LogP contribution >= 0.6 is 0 Å². The van der Waals surface area contributed by atoms with Gasteiger partial charge in [-0.15, -0.1) is 0 Å². The van der Waals surface area contributed by atoms with Gasteiger partial charge in [0.2, 0.25) is 94.5 Å². The van der Waals surface area contributed by atoms with Crippen molar-refractivity contribution < 1.29 is 127 Å². The molecule has 0 bridgehead atoms. The lowest BCUT2D eigenvalue weighted by Gasteiger charge is -2.28. The molecule has 16 amide bonds. The number of carbonyl (C=O) groups excluding carboxylic acids is 16. The third-order valence-corrected chi connectivity index (χ3v) is 15.5. The summed E-state index contributed by atoms with van der Waals surface area (Å²) in [6.45, 7) is -0.210. The van der Waals surface area contributed by atoms with Gasteiger partial charge in [0.15, 0.2) is 0 Å². The molecule has 27 N–H and O–H groups in total. The van der Waals surface area contributed by atoms with E-state index in [0.29, 0.717) is 12.0 Å². The van der Waals surface area contributed by atoms with E-state index in [9.17, 15) is 122 Å². The Hall–Kier alpha value is -10.6. The van der Waals surface area contributed by atoms with Gasteiger partial charge in [-0.25, -0.2) is 4.79 Å². The molecule has 1 aromatic rings. The van der Waals surface area contributed by atoms with Gasteiger partial charge in [-0.2, -0.15) is 0 Å². The van der Waals surface area contributed by atoms with E-state index in [0.717, 1.165) is 25.7 Å². The van der Waals surface area contributed by atoms with Crippen LogP contribution in [0.1, 0.15) is 85.1 Å². The summed E-state index contributed by atoms with van der Waals surface area (Å²) in [6.07, 6.45) is -3.40. The number of aliphatic carboxylic acids is 2. The highest BCUT2D eigenvalue weighted by molar-refractivity contribution is 6.01. The molecule has 43 nitrogen and oxygen atoms in total. The van der Waals surface area contributed by atoms with Crippen LogP contribution in [0.15, 0.2) is 30.3 Å². The first-order valence-corrected chi connectivity index (χ1v) is 32.1. The van der Waals surface area contributed by atoms with Crippen molar-refractivity contribution in [2.45, 2.75) is 177 Å². The number of carboxylic acid groups (broad SMARTS) is 2. The lowest BCUT2D eigenvalue weighted by Crippen LogP contribution is -2.62. The molecular formula is C60H93N17O26. The number of benzene rings is 1. The Morgan fingerprint density at radius 1 is 0.417 bits per heavy atom. The molecule has 1 heterocycles. The number of nitrogens with one attached hydrogen (secondary N) is 13. The smallest absolute Gasteiger partial charge is 0.326 e. The van der Waals surface area contributed by atoms with Crippen LogP contribution in [0.25, 0.3) is 0 Å². The van der Waals surface area contributed by atoms with Gasteiger partial charge in [0.1, 0.15) is 90.6 Å². The number of aliphatic hydroxyl groups is 6. The molecule has 0 spiro atoms. The average Bonchev–Trinajstić information content (AvgIpc) is 1.58. The lowest BCUT2D eigenvalue weighted by atomic mass is 10.0. The molecule has 43 heteroatoms. The number of carbonyl (C=O) groups is 18. The summed E-state index contributed by atoms with van der Waals surface area (Å²) in [5.74, 6) is -22.2. The highest BCUT2D eigenvalue weighted by atomic mass is 16.4. The minimum atomic E-state index is -2.09. The van der Waals surface area contributed by atoms with Crippen molar-refractivity contribution in [3.63, 3.8) is 0 Å². The predicted octanol–water partition coefficient (Wildman–Crippen LogP) is -13.4. The van der Waals surface area contributed by atoms with E-state index in [2.05, 4.69) is 63.8 Å². The molecule has 1 fully saturated rings. The fourth-order valence-corrected chi connectivity index (χ4v) is 9.53. The Kier molecular flexibility index (Phi) is 37.7. The first kappa shape index (κ1) is 88.5. The van der Waals surface area contributed by atoms with Crippen molar-refractivity contribution in [3.05, 3.63) is 35.9 Å². The number of likely N-dealkylation sites (tertiary alicyclic amines) is 1. The van der Waals surface area contributed by atoms with E-state index in [1.165, 1.54) is 38.1 Å². The molecule has 103 heavy (non-hydrogen) atoms. The van der Waals surface area contributed by atoms with E-state index >= 15 is 0 Å². The van der Waals surface area contributed by atoms with Crippen LogP contribution < -0.4 is 86.3 Å². The topological polar surface area (TPSA) is 707 Å². The first-order chi connectivity index (χ1) is 48.4. The number of primary amides is 2. The van der Waals surface area contributed by atoms with Gasteiger partial charge in [0.05, 0.1) is 46.1 Å². The van der Waals surface area contributed by atoms with Gasteiger partial charge in [-0.1, -0.05) is 44.2 Å². The fraction of sp³-hybridized carbons (Fsp3) is 0.600. The molecule has 15 atom stereocenters. The van der Waals surface area contributed by atoms with Gasteiger partial charge in [0, 0.05) is 25.8 Å². The highest BCUT2D eigenvalue weighted by Gasteiger charge is 2.40. The van der Waals surface area contributed by atoms with Crippen molar-refractivity contribution >= 4 is 106 Å². The molecule has 0 saturated carbocycles. The molecule has 1 aliphatic heterocycles. The molecule has 1 aliphatic rings. The Balaban J connectivity index is 2.27. The van der Waals surface area contributed by atoms with Gasteiger partial charge in [-0.3, -0.25) is 81.5 Å². The van der Waals surface area contributed by atoms with E-state index in [-0.39, 0.29) is 13.0 Å². The Morgan fingerprint density at radius 3 is 1.17 bits per heavy atom. The standard InChI is InChI=1S/C60H93N17O26/c1-26(2)45(76-57(99)39(24-82)71-49(91)31(61)20-78)58(100)74-38(23-81)56(98)73-36(21-79)54(96)68-33(14-16-43(63)85)51(93)69-34(18-30-10-7-6-8-11-30)53(95)72-37(22-80)55(97)70-35(19-44(86)87)52(94)66-27(3)46(88)64-28(4)47(89)67-32(13-15-42(62)84)50(92)65-29(5)48(90)75-40(25-83)59(101)77-17-9-12-41(77)60(102)103/h6-8,10-11,26-29,31-41,45,78-83H,9,12-25,61H2,1-5H3,(H2,62,84)(H2,63,85)(H,64,88)(H,65,92)(H,66,94)(H,67,89)(H,68,96)(H,69,93)(H,70,97)(H,71,91)(H,72,95)(H,73,98)(H,74,100)(H,75,90)(H,76,99)(H,86,87)(H,102,103)/t27-,28-,29-,31-,32-,33-,34-,35-,36-,37-,38-,39-,40-,41-,45-/m0/s1. The molecular weight excluding hydrogens is 1370 g/mol. The number of hydrogen-bond acceptors (Lipinski definition) is 25. The molecule has 0 aliphatic carbocycles. The fourth-order valence-electron chi connectivity index (χ4n) is 9.53.